The molecule has 0 atom stereocenters. The lowest BCUT2D eigenvalue weighted by molar-refractivity contribution is 0.593. The Morgan fingerprint density at radius 2 is 1.63 bits per heavy atom. The van der Waals surface area contributed by atoms with Gasteiger partial charge in [-0.15, -0.1) is 11.3 Å². The molecule has 0 aliphatic rings. The molecule has 0 aliphatic carbocycles. The summed E-state index contributed by atoms with van der Waals surface area (Å²) in [6.07, 6.45) is 0. The highest BCUT2D eigenvalue weighted by Crippen LogP contribution is 2.40. The summed E-state index contributed by atoms with van der Waals surface area (Å²) in [5.41, 5.74) is 2.98. The van der Waals surface area contributed by atoms with Crippen LogP contribution in [0.4, 0.5) is 0 Å². The lowest BCUT2D eigenvalue weighted by atomic mass is 9.81. The SMILES string of the molecule is CC(C)(C)c1ccc2ccccc2c1-c1cccs1. The van der Waals surface area contributed by atoms with Gasteiger partial charge in [0.05, 0.1) is 0 Å². The summed E-state index contributed by atoms with van der Waals surface area (Å²) < 4.78 is 0. The van der Waals surface area contributed by atoms with E-state index in [0.717, 1.165) is 0 Å². The van der Waals surface area contributed by atoms with Gasteiger partial charge >= 0.3 is 0 Å². The Morgan fingerprint density at radius 1 is 0.842 bits per heavy atom. The topological polar surface area (TPSA) is 0 Å². The Morgan fingerprint density at radius 3 is 2.32 bits per heavy atom. The van der Waals surface area contributed by atoms with E-state index in [2.05, 4.69) is 74.7 Å². The van der Waals surface area contributed by atoms with Crippen LogP contribution in [0.15, 0.2) is 53.9 Å². The average molecular weight is 266 g/mol. The molecule has 0 spiro atoms. The Kier molecular flexibility index (Phi) is 2.94. The molecule has 3 rings (SSSR count). The van der Waals surface area contributed by atoms with Crippen molar-refractivity contribution in [2.24, 2.45) is 0 Å². The van der Waals surface area contributed by atoms with Crippen molar-refractivity contribution in [3.63, 3.8) is 0 Å². The lowest BCUT2D eigenvalue weighted by Gasteiger charge is -2.24. The zero-order chi connectivity index (χ0) is 13.5. The smallest absolute Gasteiger partial charge is 0.0351 e. The largest absolute Gasteiger partial charge is 0.144 e. The van der Waals surface area contributed by atoms with Crippen LogP contribution >= 0.6 is 11.3 Å². The van der Waals surface area contributed by atoms with Gasteiger partial charge in [-0.1, -0.05) is 63.2 Å². The molecule has 19 heavy (non-hydrogen) atoms. The highest BCUT2D eigenvalue weighted by atomic mass is 32.1. The van der Waals surface area contributed by atoms with Crippen molar-refractivity contribution < 1.29 is 0 Å². The van der Waals surface area contributed by atoms with Gasteiger partial charge in [-0.25, -0.2) is 0 Å². The normalized spacial score (nSPS) is 11.9. The molecule has 2 aromatic carbocycles. The highest BCUT2D eigenvalue weighted by molar-refractivity contribution is 7.13. The lowest BCUT2D eigenvalue weighted by Crippen LogP contribution is -2.12. The molecule has 1 aromatic heterocycles. The second-order valence-electron chi connectivity index (χ2n) is 5.94. The summed E-state index contributed by atoms with van der Waals surface area (Å²) >= 11 is 1.82. The first-order chi connectivity index (χ1) is 9.07. The van der Waals surface area contributed by atoms with E-state index in [0.29, 0.717) is 0 Å². The van der Waals surface area contributed by atoms with E-state index in [-0.39, 0.29) is 5.41 Å². The minimum atomic E-state index is 0.156. The van der Waals surface area contributed by atoms with E-state index in [9.17, 15) is 0 Å². The van der Waals surface area contributed by atoms with Gasteiger partial charge in [0.1, 0.15) is 0 Å². The van der Waals surface area contributed by atoms with Crippen molar-refractivity contribution >= 4 is 22.1 Å². The minimum absolute atomic E-state index is 0.156. The fourth-order valence-electron chi connectivity index (χ4n) is 2.58. The Balaban J connectivity index is 2.42. The second kappa shape index (κ2) is 4.50. The first-order valence-corrected chi connectivity index (χ1v) is 7.51. The van der Waals surface area contributed by atoms with Crippen LogP contribution in [0.5, 0.6) is 0 Å². The zero-order valence-corrected chi connectivity index (χ0v) is 12.4. The summed E-state index contributed by atoms with van der Waals surface area (Å²) in [4.78, 5) is 1.36. The maximum Gasteiger partial charge on any atom is 0.0351 e. The van der Waals surface area contributed by atoms with Crippen LogP contribution < -0.4 is 0 Å². The van der Waals surface area contributed by atoms with Crippen molar-refractivity contribution in [2.45, 2.75) is 26.2 Å². The molecule has 0 aliphatic heterocycles. The van der Waals surface area contributed by atoms with Gasteiger partial charge in [0, 0.05) is 10.4 Å². The predicted octanol–water partition coefficient (Wildman–Crippen LogP) is 5.87. The van der Waals surface area contributed by atoms with E-state index < -0.39 is 0 Å². The quantitative estimate of drug-likeness (QED) is 0.517. The van der Waals surface area contributed by atoms with E-state index >= 15 is 0 Å². The van der Waals surface area contributed by atoms with Crippen LogP contribution in [0.2, 0.25) is 0 Å². The van der Waals surface area contributed by atoms with Crippen LogP contribution in [0.3, 0.4) is 0 Å². The molecule has 0 fully saturated rings. The Bertz CT molecular complexity index is 700. The average Bonchev–Trinajstić information content (AvgIpc) is 2.89. The van der Waals surface area contributed by atoms with Crippen molar-refractivity contribution in [1.29, 1.82) is 0 Å². The third-order valence-corrected chi connectivity index (χ3v) is 4.39. The van der Waals surface area contributed by atoms with Crippen molar-refractivity contribution in [3.05, 3.63) is 59.5 Å². The van der Waals surface area contributed by atoms with Crippen molar-refractivity contribution in [2.75, 3.05) is 0 Å². The van der Waals surface area contributed by atoms with Crippen LogP contribution in [-0.4, -0.2) is 0 Å². The van der Waals surface area contributed by atoms with Gasteiger partial charge in [0.2, 0.25) is 0 Å². The number of thiophene rings is 1. The molecule has 1 heterocycles. The summed E-state index contributed by atoms with van der Waals surface area (Å²) in [6, 6.07) is 17.6. The standard InChI is InChI=1S/C18H18S/c1-18(2,3)15-11-10-13-7-4-5-8-14(13)17(15)16-9-6-12-19-16/h4-12H,1-3H3. The van der Waals surface area contributed by atoms with Gasteiger partial charge in [0.25, 0.3) is 0 Å². The molecule has 0 bridgehead atoms. The highest BCUT2D eigenvalue weighted by Gasteiger charge is 2.20. The monoisotopic (exact) mass is 266 g/mol. The molecule has 0 saturated heterocycles. The molecular weight excluding hydrogens is 248 g/mol. The molecule has 0 amide bonds. The molecule has 0 saturated carbocycles. The minimum Gasteiger partial charge on any atom is -0.144 e. The predicted molar refractivity (Wildman–Crippen MR) is 86.0 cm³/mol. The fraction of sp³-hybridized carbons (Fsp3) is 0.222. The molecule has 0 unspecified atom stereocenters. The molecular formula is C18H18S. The fourth-order valence-corrected chi connectivity index (χ4v) is 3.38. The van der Waals surface area contributed by atoms with Gasteiger partial charge in [-0.2, -0.15) is 0 Å². The number of rotatable bonds is 1. The molecule has 0 N–H and O–H groups in total. The number of hydrogen-bond acceptors (Lipinski definition) is 1. The zero-order valence-electron chi connectivity index (χ0n) is 11.6. The summed E-state index contributed by atoms with van der Waals surface area (Å²) in [5, 5.41) is 4.83. The van der Waals surface area contributed by atoms with Crippen LogP contribution in [0.25, 0.3) is 21.2 Å². The van der Waals surface area contributed by atoms with E-state index in [4.69, 9.17) is 0 Å². The molecule has 0 radical (unpaired) electrons. The van der Waals surface area contributed by atoms with Crippen LogP contribution in [0.1, 0.15) is 26.3 Å². The first kappa shape index (κ1) is 12.4. The third-order valence-electron chi connectivity index (χ3n) is 3.50. The van der Waals surface area contributed by atoms with Gasteiger partial charge in [-0.3, -0.25) is 0 Å². The van der Waals surface area contributed by atoms with Crippen LogP contribution in [-0.2, 0) is 5.41 Å². The van der Waals surface area contributed by atoms with Gasteiger partial charge < -0.3 is 0 Å². The van der Waals surface area contributed by atoms with Crippen molar-refractivity contribution in [1.82, 2.24) is 0 Å². The van der Waals surface area contributed by atoms with E-state index in [1.54, 1.807) is 0 Å². The van der Waals surface area contributed by atoms with Crippen LogP contribution in [0, 0.1) is 0 Å². The second-order valence-corrected chi connectivity index (χ2v) is 6.88. The van der Waals surface area contributed by atoms with Crippen molar-refractivity contribution in [3.8, 4) is 10.4 Å². The number of benzene rings is 2. The molecule has 96 valence electrons. The maximum atomic E-state index is 2.29. The van der Waals surface area contributed by atoms with E-state index in [1.807, 2.05) is 11.3 Å². The van der Waals surface area contributed by atoms with Gasteiger partial charge in [0.15, 0.2) is 0 Å². The first-order valence-electron chi connectivity index (χ1n) is 6.63. The molecule has 0 nitrogen and oxygen atoms in total. The van der Waals surface area contributed by atoms with Gasteiger partial charge in [-0.05, 0) is 33.2 Å². The Labute approximate surface area is 118 Å². The summed E-state index contributed by atoms with van der Waals surface area (Å²) in [5.74, 6) is 0. The maximum absolute atomic E-state index is 2.29. The number of fused-ring (bicyclic) bond motifs is 1. The molecule has 1 heteroatoms. The van der Waals surface area contributed by atoms with E-state index in [1.165, 1.54) is 26.8 Å². The third kappa shape index (κ3) is 2.19. The number of hydrogen-bond donors (Lipinski definition) is 0. The summed E-state index contributed by atoms with van der Waals surface area (Å²) in [6.45, 7) is 6.86. The summed E-state index contributed by atoms with van der Waals surface area (Å²) in [7, 11) is 0. The molecule has 3 aromatic rings. The Hall–Kier alpha value is -1.60.